The van der Waals surface area contributed by atoms with E-state index in [-0.39, 0.29) is 23.5 Å². The number of halogens is 2. The fourth-order valence-corrected chi connectivity index (χ4v) is 2.24. The molecule has 0 aliphatic heterocycles. The van der Waals surface area contributed by atoms with E-state index in [1.807, 2.05) is 13.8 Å². The van der Waals surface area contributed by atoms with Crippen LogP contribution < -0.4 is 5.32 Å². The second kappa shape index (κ2) is 7.01. The summed E-state index contributed by atoms with van der Waals surface area (Å²) in [6.45, 7) is 4.34. The molecule has 1 aromatic rings. The smallest absolute Gasteiger partial charge is 0.252 e. The molecule has 0 bridgehead atoms. The van der Waals surface area contributed by atoms with Gasteiger partial charge in [0, 0.05) is 16.4 Å². The van der Waals surface area contributed by atoms with Gasteiger partial charge in [0.05, 0.1) is 12.2 Å². The molecule has 0 saturated carbocycles. The van der Waals surface area contributed by atoms with Gasteiger partial charge < -0.3 is 10.4 Å². The summed E-state index contributed by atoms with van der Waals surface area (Å²) in [4.78, 5) is 12.0. The van der Waals surface area contributed by atoms with E-state index in [0.717, 1.165) is 12.8 Å². The van der Waals surface area contributed by atoms with Crippen molar-refractivity contribution in [3.63, 3.8) is 0 Å². The number of nitrogens with one attached hydrogen (secondary N) is 1. The van der Waals surface area contributed by atoms with Gasteiger partial charge in [0.15, 0.2) is 0 Å². The van der Waals surface area contributed by atoms with E-state index < -0.39 is 5.82 Å². The Balaban J connectivity index is 2.77. The lowest BCUT2D eigenvalue weighted by Crippen LogP contribution is -2.39. The fourth-order valence-electron chi connectivity index (χ4n) is 1.81. The SMILES string of the molecule is CCC(CC)(CO)CNC(=O)c1cc(F)ccc1Br. The lowest BCUT2D eigenvalue weighted by molar-refractivity contribution is 0.0850. The quantitative estimate of drug-likeness (QED) is 0.841. The molecule has 0 aromatic heterocycles. The van der Waals surface area contributed by atoms with Crippen molar-refractivity contribution in [2.75, 3.05) is 13.2 Å². The molecule has 5 heteroatoms. The third-order valence-electron chi connectivity index (χ3n) is 3.63. The maximum Gasteiger partial charge on any atom is 0.252 e. The normalized spacial score (nSPS) is 11.4. The standard InChI is InChI=1S/C14H19BrFNO2/c1-3-14(4-2,9-18)8-17-13(19)11-7-10(16)5-6-12(11)15/h5-7,18H,3-4,8-9H2,1-2H3,(H,17,19). The van der Waals surface area contributed by atoms with Crippen molar-refractivity contribution in [2.45, 2.75) is 26.7 Å². The minimum Gasteiger partial charge on any atom is -0.396 e. The number of carbonyl (C=O) groups excluding carboxylic acids is 1. The summed E-state index contributed by atoms with van der Waals surface area (Å²) in [5.74, 6) is -0.793. The van der Waals surface area contributed by atoms with Gasteiger partial charge in [-0.05, 0) is 47.0 Å². The highest BCUT2D eigenvalue weighted by atomic mass is 79.9. The highest BCUT2D eigenvalue weighted by Crippen LogP contribution is 2.25. The van der Waals surface area contributed by atoms with Crippen LogP contribution >= 0.6 is 15.9 Å². The average Bonchev–Trinajstić information content (AvgIpc) is 2.43. The first-order valence-electron chi connectivity index (χ1n) is 6.32. The van der Waals surface area contributed by atoms with Gasteiger partial charge in [-0.15, -0.1) is 0 Å². The summed E-state index contributed by atoms with van der Waals surface area (Å²) in [5, 5.41) is 12.2. The molecule has 19 heavy (non-hydrogen) atoms. The molecule has 0 aliphatic carbocycles. The molecule has 0 spiro atoms. The van der Waals surface area contributed by atoms with Crippen LogP contribution in [0.3, 0.4) is 0 Å². The Kier molecular flexibility index (Phi) is 5.94. The summed E-state index contributed by atoms with van der Waals surface area (Å²) in [5.41, 5.74) is -0.0471. The number of amides is 1. The van der Waals surface area contributed by atoms with Crippen LogP contribution in [-0.2, 0) is 0 Å². The molecule has 0 aliphatic rings. The Morgan fingerprint density at radius 1 is 1.42 bits per heavy atom. The zero-order valence-corrected chi connectivity index (χ0v) is 12.8. The van der Waals surface area contributed by atoms with Gasteiger partial charge in [-0.3, -0.25) is 4.79 Å². The maximum atomic E-state index is 13.1. The molecular formula is C14H19BrFNO2. The van der Waals surface area contributed by atoms with Gasteiger partial charge >= 0.3 is 0 Å². The molecule has 1 aromatic carbocycles. The monoisotopic (exact) mass is 331 g/mol. The summed E-state index contributed by atoms with van der Waals surface area (Å²) < 4.78 is 13.7. The predicted octanol–water partition coefficient (Wildman–Crippen LogP) is 3.12. The van der Waals surface area contributed by atoms with E-state index in [1.54, 1.807) is 0 Å². The fraction of sp³-hybridized carbons (Fsp3) is 0.500. The number of rotatable bonds is 6. The van der Waals surface area contributed by atoms with Gasteiger partial charge in [-0.1, -0.05) is 13.8 Å². The second-order valence-corrected chi connectivity index (χ2v) is 5.53. The van der Waals surface area contributed by atoms with Crippen LogP contribution in [0.1, 0.15) is 37.0 Å². The van der Waals surface area contributed by atoms with Crippen molar-refractivity contribution in [3.05, 3.63) is 34.1 Å². The molecule has 2 N–H and O–H groups in total. The lowest BCUT2D eigenvalue weighted by atomic mass is 9.83. The van der Waals surface area contributed by atoms with Crippen molar-refractivity contribution >= 4 is 21.8 Å². The molecule has 0 atom stereocenters. The van der Waals surface area contributed by atoms with Gasteiger partial charge in [0.1, 0.15) is 5.82 Å². The lowest BCUT2D eigenvalue weighted by Gasteiger charge is -2.29. The minimum atomic E-state index is -0.451. The Labute approximate surface area is 121 Å². The Bertz CT molecular complexity index is 439. The van der Waals surface area contributed by atoms with Gasteiger partial charge in [-0.2, -0.15) is 0 Å². The molecule has 106 valence electrons. The number of benzene rings is 1. The summed E-state index contributed by atoms with van der Waals surface area (Å²) in [7, 11) is 0. The van der Waals surface area contributed by atoms with Crippen LogP contribution in [0.5, 0.6) is 0 Å². The van der Waals surface area contributed by atoms with Crippen molar-refractivity contribution in [2.24, 2.45) is 5.41 Å². The largest absolute Gasteiger partial charge is 0.396 e. The third-order valence-corrected chi connectivity index (χ3v) is 4.32. The van der Waals surface area contributed by atoms with Crippen molar-refractivity contribution < 1.29 is 14.3 Å². The Hall–Kier alpha value is -0.940. The number of carbonyl (C=O) groups is 1. The third kappa shape index (κ3) is 4.01. The zero-order chi connectivity index (χ0) is 14.5. The van der Waals surface area contributed by atoms with Crippen molar-refractivity contribution in [3.8, 4) is 0 Å². The second-order valence-electron chi connectivity index (χ2n) is 4.67. The first kappa shape index (κ1) is 16.1. The van der Waals surface area contributed by atoms with Gasteiger partial charge in [-0.25, -0.2) is 4.39 Å². The molecule has 1 rings (SSSR count). The van der Waals surface area contributed by atoms with Crippen LogP contribution in [-0.4, -0.2) is 24.2 Å². The molecule has 3 nitrogen and oxygen atoms in total. The van der Waals surface area contributed by atoms with Crippen LogP contribution in [0, 0.1) is 11.2 Å². The maximum absolute atomic E-state index is 13.1. The van der Waals surface area contributed by atoms with Crippen LogP contribution in [0.15, 0.2) is 22.7 Å². The number of aliphatic hydroxyl groups excluding tert-OH is 1. The van der Waals surface area contributed by atoms with E-state index in [9.17, 15) is 14.3 Å². The topological polar surface area (TPSA) is 49.3 Å². The number of aliphatic hydroxyl groups is 1. The highest BCUT2D eigenvalue weighted by Gasteiger charge is 2.26. The number of hydrogen-bond acceptors (Lipinski definition) is 2. The van der Waals surface area contributed by atoms with E-state index in [4.69, 9.17) is 0 Å². The molecule has 0 heterocycles. The van der Waals surface area contributed by atoms with E-state index >= 15 is 0 Å². The minimum absolute atomic E-state index is 0.0185. The Morgan fingerprint density at radius 2 is 2.05 bits per heavy atom. The molecule has 0 fully saturated rings. The van der Waals surface area contributed by atoms with Gasteiger partial charge in [0.2, 0.25) is 0 Å². The van der Waals surface area contributed by atoms with Crippen LogP contribution in [0.25, 0.3) is 0 Å². The van der Waals surface area contributed by atoms with E-state index in [1.165, 1.54) is 18.2 Å². The molecular weight excluding hydrogens is 313 g/mol. The van der Waals surface area contributed by atoms with Crippen molar-refractivity contribution in [1.29, 1.82) is 0 Å². The molecule has 0 unspecified atom stereocenters. The van der Waals surface area contributed by atoms with E-state index in [0.29, 0.717) is 11.0 Å². The van der Waals surface area contributed by atoms with Crippen LogP contribution in [0.2, 0.25) is 0 Å². The van der Waals surface area contributed by atoms with Gasteiger partial charge in [0.25, 0.3) is 5.91 Å². The molecule has 0 saturated heterocycles. The summed E-state index contributed by atoms with van der Waals surface area (Å²) in [6, 6.07) is 3.98. The zero-order valence-electron chi connectivity index (χ0n) is 11.2. The predicted molar refractivity (Wildman–Crippen MR) is 76.5 cm³/mol. The summed E-state index contributed by atoms with van der Waals surface area (Å²) >= 11 is 3.23. The Morgan fingerprint density at radius 3 is 2.58 bits per heavy atom. The molecule has 1 amide bonds. The van der Waals surface area contributed by atoms with E-state index in [2.05, 4.69) is 21.2 Å². The first-order valence-corrected chi connectivity index (χ1v) is 7.11. The number of hydrogen-bond donors (Lipinski definition) is 2. The highest BCUT2D eigenvalue weighted by molar-refractivity contribution is 9.10. The molecule has 0 radical (unpaired) electrons. The average molecular weight is 332 g/mol. The van der Waals surface area contributed by atoms with Crippen molar-refractivity contribution in [1.82, 2.24) is 5.32 Å². The van der Waals surface area contributed by atoms with Crippen LogP contribution in [0.4, 0.5) is 4.39 Å². The summed E-state index contributed by atoms with van der Waals surface area (Å²) in [6.07, 6.45) is 1.54. The first-order chi connectivity index (χ1) is 8.98.